The molecule has 6 amide bonds. The number of hydrogen-bond donors (Lipinski definition) is 4. The number of alkyl carbamates (subject to hydrolysis) is 2. The highest BCUT2D eigenvalue weighted by Gasteiger charge is 2.45. The van der Waals surface area contributed by atoms with Crippen LogP contribution >= 0.6 is 0 Å². The summed E-state index contributed by atoms with van der Waals surface area (Å²) >= 11 is 0. The molecule has 14 heteroatoms. The maximum Gasteiger partial charge on any atom is 0.407 e. The molecular formula is C52H64N6O8. The van der Waals surface area contributed by atoms with Crippen molar-refractivity contribution in [3.8, 4) is 22.3 Å². The van der Waals surface area contributed by atoms with Crippen molar-refractivity contribution in [2.75, 3.05) is 37.9 Å². The van der Waals surface area contributed by atoms with Crippen LogP contribution in [0.4, 0.5) is 21.0 Å². The van der Waals surface area contributed by atoms with Crippen LogP contribution in [0.3, 0.4) is 0 Å². The molecule has 0 spiro atoms. The topological polar surface area (TPSA) is 175 Å². The Kier molecular flexibility index (Phi) is 12.6. The Labute approximate surface area is 387 Å². The number of nitrogens with zero attached hydrogens (tertiary/aromatic N) is 2. The molecule has 0 aromatic heterocycles. The number of amides is 6. The van der Waals surface area contributed by atoms with Gasteiger partial charge in [0.25, 0.3) is 0 Å². The van der Waals surface area contributed by atoms with Gasteiger partial charge in [0, 0.05) is 24.5 Å². The first-order valence-electron chi connectivity index (χ1n) is 24.1. The summed E-state index contributed by atoms with van der Waals surface area (Å²) in [7, 11) is 2.53. The van der Waals surface area contributed by atoms with Crippen LogP contribution in [0.1, 0.15) is 138 Å². The smallest absolute Gasteiger partial charge is 0.407 e. The lowest BCUT2D eigenvalue weighted by Gasteiger charge is -2.31. The van der Waals surface area contributed by atoms with E-state index in [1.165, 1.54) is 59.6 Å². The summed E-state index contributed by atoms with van der Waals surface area (Å²) in [5, 5.41) is 11.7. The highest BCUT2D eigenvalue weighted by atomic mass is 16.5. The third-order valence-corrected chi connectivity index (χ3v) is 15.5. The van der Waals surface area contributed by atoms with Crippen LogP contribution in [0.5, 0.6) is 0 Å². The number of carbonyl (C=O) groups is 6. The van der Waals surface area contributed by atoms with Gasteiger partial charge in [0.2, 0.25) is 23.6 Å². The Bertz CT molecular complexity index is 2430. The van der Waals surface area contributed by atoms with Gasteiger partial charge in [-0.05, 0) is 162 Å². The maximum atomic E-state index is 14.2. The van der Waals surface area contributed by atoms with E-state index in [0.29, 0.717) is 68.1 Å². The van der Waals surface area contributed by atoms with E-state index in [1.54, 1.807) is 9.80 Å². The summed E-state index contributed by atoms with van der Waals surface area (Å²) in [6.45, 7) is 8.34. The molecule has 4 aliphatic carbocycles. The number of ether oxygens (including phenoxy) is 2. The van der Waals surface area contributed by atoms with E-state index in [2.05, 4.69) is 57.7 Å². The molecule has 14 nitrogen and oxygen atoms in total. The number of anilines is 2. The standard InChI is InChI=1S/C52H64N6O8/c1-27(2)45(55-51(63)65-5)49(61)57-23-7-9-39(57)47(59)53-34-17-15-29(16-18-34)35-19-20-36(42-31-12-11-30(25-31)41(35)42)37-21-22-38(44-33-14-13-32(26-33)43(37)44)54-48(60)40-10-8-24-58(40)50(62)46(28(3)4)56-52(64)66-6/h15-22,27-28,30-33,39-40,45-46H,7-14,23-26H2,1-6H3,(H,53,59)(H,54,60)(H,55,63)(H,56,64). The molecule has 2 heterocycles. The van der Waals surface area contributed by atoms with Gasteiger partial charge in [0.05, 0.1) is 14.2 Å². The fourth-order valence-corrected chi connectivity index (χ4v) is 12.4. The number of hydrogen-bond acceptors (Lipinski definition) is 8. The van der Waals surface area contributed by atoms with Crippen LogP contribution in [0, 0.1) is 11.8 Å². The summed E-state index contributed by atoms with van der Waals surface area (Å²) in [5.41, 5.74) is 11.9. The maximum absolute atomic E-state index is 14.2. The minimum Gasteiger partial charge on any atom is -0.453 e. The molecule has 4 bridgehead atoms. The van der Waals surface area contributed by atoms with E-state index in [0.717, 1.165) is 43.4 Å². The first-order chi connectivity index (χ1) is 31.8. The number of rotatable bonds is 12. The second kappa shape index (κ2) is 18.4. The summed E-state index contributed by atoms with van der Waals surface area (Å²) in [6.07, 6.45) is 7.93. The van der Waals surface area contributed by atoms with Crippen LogP contribution in [-0.2, 0) is 28.7 Å². The van der Waals surface area contributed by atoms with Crippen LogP contribution in [0.25, 0.3) is 22.3 Å². The van der Waals surface area contributed by atoms with Crippen molar-refractivity contribution >= 4 is 47.2 Å². The van der Waals surface area contributed by atoms with Gasteiger partial charge in [-0.2, -0.15) is 0 Å². The second-order valence-corrected chi connectivity index (χ2v) is 20.0. The molecular weight excluding hydrogens is 837 g/mol. The number of fused-ring (bicyclic) bond motifs is 10. The largest absolute Gasteiger partial charge is 0.453 e. The van der Waals surface area contributed by atoms with Crippen molar-refractivity contribution in [1.29, 1.82) is 0 Å². The van der Waals surface area contributed by atoms with Gasteiger partial charge in [-0.3, -0.25) is 19.2 Å². The molecule has 8 atom stereocenters. The summed E-state index contributed by atoms with van der Waals surface area (Å²) < 4.78 is 9.55. The lowest BCUT2D eigenvalue weighted by molar-refractivity contribution is -0.139. The van der Waals surface area contributed by atoms with Crippen LogP contribution < -0.4 is 21.3 Å². The molecule has 4 N–H and O–H groups in total. The van der Waals surface area contributed by atoms with Gasteiger partial charge in [-0.25, -0.2) is 9.59 Å². The minimum absolute atomic E-state index is 0.184. The molecule has 9 rings (SSSR count). The van der Waals surface area contributed by atoms with Crippen molar-refractivity contribution in [3.63, 3.8) is 0 Å². The van der Waals surface area contributed by atoms with Crippen molar-refractivity contribution in [2.45, 2.75) is 140 Å². The van der Waals surface area contributed by atoms with E-state index < -0.39 is 36.4 Å². The van der Waals surface area contributed by atoms with Gasteiger partial charge in [-0.15, -0.1) is 0 Å². The van der Waals surface area contributed by atoms with Crippen molar-refractivity contribution in [3.05, 3.63) is 70.8 Å². The number of likely N-dealkylation sites (tertiary alicyclic amines) is 2. The van der Waals surface area contributed by atoms with Gasteiger partial charge in [0.15, 0.2) is 0 Å². The number of benzene rings is 3. The van der Waals surface area contributed by atoms with Gasteiger partial charge in [-0.1, -0.05) is 58.0 Å². The number of nitrogens with one attached hydrogen (secondary N) is 4. The van der Waals surface area contributed by atoms with Crippen molar-refractivity contribution in [2.24, 2.45) is 11.8 Å². The Morgan fingerprint density at radius 1 is 0.530 bits per heavy atom. The molecule has 350 valence electrons. The monoisotopic (exact) mass is 900 g/mol. The van der Waals surface area contributed by atoms with E-state index in [4.69, 9.17) is 9.47 Å². The lowest BCUT2D eigenvalue weighted by Crippen LogP contribution is -2.54. The molecule has 2 saturated carbocycles. The normalized spacial score (nSPS) is 24.2. The third-order valence-electron chi connectivity index (χ3n) is 15.5. The number of carbonyl (C=O) groups excluding carboxylic acids is 6. The van der Waals surface area contributed by atoms with E-state index in [1.807, 2.05) is 39.8 Å². The molecule has 3 aromatic carbocycles. The van der Waals surface area contributed by atoms with Crippen molar-refractivity contribution in [1.82, 2.24) is 20.4 Å². The summed E-state index contributed by atoms with van der Waals surface area (Å²) in [6, 6.07) is 14.1. The van der Waals surface area contributed by atoms with E-state index >= 15 is 0 Å². The third kappa shape index (κ3) is 8.18. The average Bonchev–Trinajstić information content (AvgIpc) is 4.19. The van der Waals surface area contributed by atoms with Gasteiger partial charge >= 0.3 is 12.2 Å². The number of methoxy groups -OCH3 is 2. The molecule has 3 aromatic rings. The minimum atomic E-state index is -0.798. The Balaban J connectivity index is 0.951. The van der Waals surface area contributed by atoms with Crippen LogP contribution in [0.2, 0.25) is 0 Å². The fourth-order valence-electron chi connectivity index (χ4n) is 12.4. The molecule has 2 aliphatic heterocycles. The zero-order valence-corrected chi connectivity index (χ0v) is 39.0. The van der Waals surface area contributed by atoms with Gasteiger partial charge in [0.1, 0.15) is 24.2 Å². The summed E-state index contributed by atoms with van der Waals surface area (Å²) in [5.74, 6) is 0.401. The first-order valence-corrected chi connectivity index (χ1v) is 24.1. The average molecular weight is 901 g/mol. The molecule has 0 radical (unpaired) electrons. The molecule has 6 aliphatic rings. The SMILES string of the molecule is COC(=O)NC(C(=O)N1CCCC1C(=O)Nc1ccc(-c2ccc(-c3ccc(NC(=O)C4CCCN4C(=O)C(NC(=O)OC)C(C)C)c4c3C3CCC4C3)c3c2C2CCC3C2)cc1)C(C)C. The molecule has 2 saturated heterocycles. The van der Waals surface area contributed by atoms with Crippen molar-refractivity contribution < 1.29 is 38.2 Å². The highest BCUT2D eigenvalue weighted by Crippen LogP contribution is 2.62. The summed E-state index contributed by atoms with van der Waals surface area (Å²) in [4.78, 5) is 82.6. The lowest BCUT2D eigenvalue weighted by atomic mass is 9.78. The highest BCUT2D eigenvalue weighted by molar-refractivity contribution is 6.01. The van der Waals surface area contributed by atoms with E-state index in [9.17, 15) is 28.8 Å². The molecule has 4 fully saturated rings. The molecule has 8 unspecified atom stereocenters. The fraction of sp³-hybridized carbons (Fsp3) is 0.538. The second-order valence-electron chi connectivity index (χ2n) is 20.0. The predicted molar refractivity (Wildman–Crippen MR) is 251 cm³/mol. The Hall–Kier alpha value is -5.92. The van der Waals surface area contributed by atoms with Gasteiger partial charge < -0.3 is 40.5 Å². The Morgan fingerprint density at radius 2 is 0.955 bits per heavy atom. The zero-order chi connectivity index (χ0) is 46.6. The predicted octanol–water partition coefficient (Wildman–Crippen LogP) is 8.37. The zero-order valence-electron chi connectivity index (χ0n) is 39.0. The van der Waals surface area contributed by atoms with Crippen LogP contribution in [-0.4, -0.2) is 97.1 Å². The Morgan fingerprint density at radius 3 is 1.44 bits per heavy atom. The van der Waals surface area contributed by atoms with E-state index in [-0.39, 0.29) is 35.5 Å². The quantitative estimate of drug-likeness (QED) is 0.140. The van der Waals surface area contributed by atoms with Crippen LogP contribution in [0.15, 0.2) is 48.5 Å². The first kappa shape index (κ1) is 45.2. The molecule has 66 heavy (non-hydrogen) atoms.